The zero-order chi connectivity index (χ0) is 12.3. The molecule has 2 N–H and O–H groups in total. The van der Waals surface area contributed by atoms with E-state index in [9.17, 15) is 9.18 Å². The fraction of sp³-hybridized carbons (Fsp3) is 0. The largest absolute Gasteiger partial charge is 0.476 e. The maximum absolute atomic E-state index is 12.9. The van der Waals surface area contributed by atoms with E-state index in [0.29, 0.717) is 5.69 Å². The lowest BCUT2D eigenvalue weighted by atomic mass is 10.3. The summed E-state index contributed by atoms with van der Waals surface area (Å²) in [4.78, 5) is 18.4. The number of carboxylic acid groups (broad SMARTS) is 1. The molecular weight excluding hydrogens is 225 g/mol. The van der Waals surface area contributed by atoms with Gasteiger partial charge in [-0.2, -0.15) is 0 Å². The fourth-order valence-electron chi connectivity index (χ4n) is 1.29. The van der Waals surface area contributed by atoms with Crippen LogP contribution < -0.4 is 5.32 Å². The van der Waals surface area contributed by atoms with Crippen LogP contribution in [0.3, 0.4) is 0 Å². The van der Waals surface area contributed by atoms with E-state index in [4.69, 9.17) is 5.11 Å². The zero-order valence-corrected chi connectivity index (χ0v) is 8.59. The molecular formula is C11H8FN3O2. The molecule has 17 heavy (non-hydrogen) atoms. The summed E-state index contributed by atoms with van der Waals surface area (Å²) in [6, 6.07) is 5.64. The number of hydrogen-bond acceptors (Lipinski definition) is 4. The van der Waals surface area contributed by atoms with E-state index in [1.54, 1.807) is 6.07 Å². The Morgan fingerprint density at radius 1 is 1.29 bits per heavy atom. The standard InChI is InChI=1S/C11H8FN3O2/c12-7-2-1-3-8(6-7)15-10-9(11(16)17)13-4-5-14-10/h1-6H,(H,14,15)(H,16,17). The first-order valence-electron chi connectivity index (χ1n) is 4.74. The van der Waals surface area contributed by atoms with Gasteiger partial charge in [0, 0.05) is 18.1 Å². The molecule has 1 aromatic carbocycles. The summed E-state index contributed by atoms with van der Waals surface area (Å²) in [5, 5.41) is 11.6. The van der Waals surface area contributed by atoms with Crippen LogP contribution in [0.15, 0.2) is 36.7 Å². The Balaban J connectivity index is 2.33. The number of aromatic carboxylic acids is 1. The highest BCUT2D eigenvalue weighted by atomic mass is 19.1. The van der Waals surface area contributed by atoms with Crippen LogP contribution >= 0.6 is 0 Å². The molecule has 0 aliphatic carbocycles. The third kappa shape index (κ3) is 2.54. The van der Waals surface area contributed by atoms with Crippen molar-refractivity contribution in [2.75, 3.05) is 5.32 Å². The Hall–Kier alpha value is -2.50. The lowest BCUT2D eigenvalue weighted by molar-refractivity contribution is 0.0691. The Kier molecular flexibility index (Phi) is 2.95. The van der Waals surface area contributed by atoms with Crippen LogP contribution in [0.5, 0.6) is 0 Å². The van der Waals surface area contributed by atoms with Crippen molar-refractivity contribution in [2.45, 2.75) is 0 Å². The highest BCUT2D eigenvalue weighted by Crippen LogP contribution is 2.17. The van der Waals surface area contributed by atoms with Crippen LogP contribution in [0.2, 0.25) is 0 Å². The first kappa shape index (κ1) is 11.0. The SMILES string of the molecule is O=C(O)c1nccnc1Nc1cccc(F)c1. The zero-order valence-electron chi connectivity index (χ0n) is 8.59. The molecule has 6 heteroatoms. The second-order valence-corrected chi connectivity index (χ2v) is 3.19. The minimum atomic E-state index is -1.20. The fourth-order valence-corrected chi connectivity index (χ4v) is 1.29. The van der Waals surface area contributed by atoms with Crippen molar-refractivity contribution in [3.05, 3.63) is 48.2 Å². The average molecular weight is 233 g/mol. The van der Waals surface area contributed by atoms with Gasteiger partial charge in [-0.15, -0.1) is 0 Å². The average Bonchev–Trinajstić information content (AvgIpc) is 2.29. The maximum Gasteiger partial charge on any atom is 0.358 e. The van der Waals surface area contributed by atoms with Gasteiger partial charge in [0.15, 0.2) is 11.5 Å². The highest BCUT2D eigenvalue weighted by Gasteiger charge is 2.12. The van der Waals surface area contributed by atoms with Crippen molar-refractivity contribution in [2.24, 2.45) is 0 Å². The van der Waals surface area contributed by atoms with Crippen LogP contribution in [-0.2, 0) is 0 Å². The molecule has 0 spiro atoms. The summed E-state index contributed by atoms with van der Waals surface area (Å²) in [6.45, 7) is 0. The van der Waals surface area contributed by atoms with E-state index >= 15 is 0 Å². The molecule has 0 fully saturated rings. The number of hydrogen-bond donors (Lipinski definition) is 2. The lowest BCUT2D eigenvalue weighted by Gasteiger charge is -2.07. The van der Waals surface area contributed by atoms with Crippen molar-refractivity contribution in [3.63, 3.8) is 0 Å². The van der Waals surface area contributed by atoms with Gasteiger partial charge in [0.2, 0.25) is 0 Å². The molecule has 0 amide bonds. The number of benzene rings is 1. The van der Waals surface area contributed by atoms with Crippen molar-refractivity contribution in [1.29, 1.82) is 0 Å². The van der Waals surface area contributed by atoms with Crippen molar-refractivity contribution in [3.8, 4) is 0 Å². The number of halogens is 1. The first-order valence-corrected chi connectivity index (χ1v) is 4.74. The predicted molar refractivity (Wildman–Crippen MR) is 58.7 cm³/mol. The van der Waals surface area contributed by atoms with Gasteiger partial charge in [-0.25, -0.2) is 19.2 Å². The van der Waals surface area contributed by atoms with Crippen LogP contribution in [0.25, 0.3) is 0 Å². The predicted octanol–water partition coefficient (Wildman–Crippen LogP) is 2.06. The van der Waals surface area contributed by atoms with Gasteiger partial charge in [-0.05, 0) is 18.2 Å². The lowest BCUT2D eigenvalue weighted by Crippen LogP contribution is -2.07. The van der Waals surface area contributed by atoms with Gasteiger partial charge in [0.25, 0.3) is 0 Å². The third-order valence-corrected chi connectivity index (χ3v) is 1.99. The van der Waals surface area contributed by atoms with Crippen LogP contribution in [-0.4, -0.2) is 21.0 Å². The number of carboxylic acids is 1. The molecule has 0 unspecified atom stereocenters. The molecule has 5 nitrogen and oxygen atoms in total. The number of rotatable bonds is 3. The number of nitrogens with one attached hydrogen (secondary N) is 1. The topological polar surface area (TPSA) is 75.1 Å². The molecule has 2 rings (SSSR count). The summed E-state index contributed by atoms with van der Waals surface area (Å²) in [6.07, 6.45) is 2.63. The molecule has 0 bridgehead atoms. The van der Waals surface area contributed by atoms with Gasteiger partial charge in [-0.1, -0.05) is 6.07 Å². The minimum Gasteiger partial charge on any atom is -0.476 e. The van der Waals surface area contributed by atoms with E-state index < -0.39 is 11.8 Å². The number of anilines is 2. The number of nitrogens with zero attached hydrogens (tertiary/aromatic N) is 2. The Morgan fingerprint density at radius 3 is 2.76 bits per heavy atom. The smallest absolute Gasteiger partial charge is 0.358 e. The number of carbonyl (C=O) groups is 1. The van der Waals surface area contributed by atoms with Crippen LogP contribution in [0.1, 0.15) is 10.5 Å². The molecule has 86 valence electrons. The van der Waals surface area contributed by atoms with Gasteiger partial charge in [0.1, 0.15) is 5.82 Å². The molecule has 1 aromatic heterocycles. The highest BCUT2D eigenvalue weighted by molar-refractivity contribution is 5.91. The van der Waals surface area contributed by atoms with Gasteiger partial charge in [-0.3, -0.25) is 0 Å². The van der Waals surface area contributed by atoms with E-state index in [2.05, 4.69) is 15.3 Å². The summed E-state index contributed by atoms with van der Waals surface area (Å²) >= 11 is 0. The molecule has 0 aliphatic rings. The van der Waals surface area contributed by atoms with Crippen molar-refractivity contribution >= 4 is 17.5 Å². The van der Waals surface area contributed by atoms with Gasteiger partial charge >= 0.3 is 5.97 Å². The summed E-state index contributed by atoms with van der Waals surface area (Å²) in [5.41, 5.74) is 0.199. The maximum atomic E-state index is 12.9. The molecule has 0 aliphatic heterocycles. The second kappa shape index (κ2) is 4.56. The minimum absolute atomic E-state index is 0.0746. The molecule has 0 radical (unpaired) electrons. The molecule has 0 saturated heterocycles. The molecule has 1 heterocycles. The van der Waals surface area contributed by atoms with Crippen LogP contribution in [0, 0.1) is 5.82 Å². The Labute approximate surface area is 96.0 Å². The first-order chi connectivity index (χ1) is 8.16. The van der Waals surface area contributed by atoms with E-state index in [-0.39, 0.29) is 11.5 Å². The normalized spacial score (nSPS) is 9.94. The quantitative estimate of drug-likeness (QED) is 0.848. The molecule has 0 atom stereocenters. The van der Waals surface area contributed by atoms with E-state index in [1.807, 2.05) is 0 Å². The Bertz CT molecular complexity index is 560. The summed E-state index contributed by atoms with van der Waals surface area (Å²) < 4.78 is 12.9. The van der Waals surface area contributed by atoms with Gasteiger partial charge in [0.05, 0.1) is 0 Å². The van der Waals surface area contributed by atoms with E-state index in [1.165, 1.54) is 30.6 Å². The summed E-state index contributed by atoms with van der Waals surface area (Å²) in [7, 11) is 0. The monoisotopic (exact) mass is 233 g/mol. The molecule has 0 saturated carbocycles. The third-order valence-electron chi connectivity index (χ3n) is 1.99. The van der Waals surface area contributed by atoms with Crippen LogP contribution in [0.4, 0.5) is 15.9 Å². The second-order valence-electron chi connectivity index (χ2n) is 3.19. The van der Waals surface area contributed by atoms with Crippen molar-refractivity contribution < 1.29 is 14.3 Å². The number of aromatic nitrogens is 2. The van der Waals surface area contributed by atoms with Gasteiger partial charge < -0.3 is 10.4 Å². The van der Waals surface area contributed by atoms with Crippen molar-refractivity contribution in [1.82, 2.24) is 9.97 Å². The molecule has 2 aromatic rings. The van der Waals surface area contributed by atoms with E-state index in [0.717, 1.165) is 0 Å². The Morgan fingerprint density at radius 2 is 2.06 bits per heavy atom. The summed E-state index contributed by atoms with van der Waals surface area (Å²) in [5.74, 6) is -1.54.